The summed E-state index contributed by atoms with van der Waals surface area (Å²) in [4.78, 5) is 52.3. The van der Waals surface area contributed by atoms with Crippen LogP contribution in [0.3, 0.4) is 0 Å². The van der Waals surface area contributed by atoms with Gasteiger partial charge in [-0.3, -0.25) is 19.3 Å². The van der Waals surface area contributed by atoms with Crippen LogP contribution in [-0.2, 0) is 16.0 Å². The number of methoxy groups -OCH3 is 1. The SMILES string of the molecule is COC(=O)[C@H](Cc1ccccc1)NC(=O)c1ccc2c(c1)C(=O)N(C1CCCCC1)C2=O. The van der Waals surface area contributed by atoms with Gasteiger partial charge in [0.05, 0.1) is 18.2 Å². The lowest BCUT2D eigenvalue weighted by Crippen LogP contribution is -2.43. The highest BCUT2D eigenvalue weighted by molar-refractivity contribution is 6.22. The van der Waals surface area contributed by atoms with Crippen LogP contribution in [0, 0.1) is 0 Å². The first-order chi connectivity index (χ1) is 15.5. The number of fused-ring (bicyclic) bond motifs is 1. The molecule has 7 heteroatoms. The Morgan fingerprint density at radius 3 is 2.38 bits per heavy atom. The first kappa shape index (κ1) is 21.7. The van der Waals surface area contributed by atoms with E-state index in [0.29, 0.717) is 5.56 Å². The Labute approximate surface area is 186 Å². The topological polar surface area (TPSA) is 92.8 Å². The molecule has 0 unspecified atom stereocenters. The molecule has 0 spiro atoms. The number of nitrogens with zero attached hydrogens (tertiary/aromatic N) is 1. The minimum absolute atomic E-state index is 0.0806. The zero-order valence-electron chi connectivity index (χ0n) is 18.0. The van der Waals surface area contributed by atoms with Crippen LogP contribution in [0.2, 0.25) is 0 Å². The van der Waals surface area contributed by atoms with Gasteiger partial charge in [0.25, 0.3) is 17.7 Å². The average molecular weight is 434 g/mol. The standard InChI is InChI=1S/C25H26N2O5/c1-32-25(31)21(14-16-8-4-2-5-9-16)26-22(28)17-12-13-19-20(15-17)24(30)27(23(19)29)18-10-6-3-7-11-18/h2,4-5,8-9,12-13,15,18,21H,3,6-7,10-11,14H2,1H3,(H,26,28)/t21-/m0/s1. The summed E-state index contributed by atoms with van der Waals surface area (Å²) in [6.07, 6.45) is 5.04. The summed E-state index contributed by atoms with van der Waals surface area (Å²) in [5.74, 6) is -1.70. The molecule has 1 aliphatic heterocycles. The summed E-state index contributed by atoms with van der Waals surface area (Å²) in [7, 11) is 1.27. The summed E-state index contributed by atoms with van der Waals surface area (Å²) in [5.41, 5.74) is 1.66. The van der Waals surface area contributed by atoms with E-state index in [0.717, 1.165) is 37.7 Å². The molecule has 1 saturated carbocycles. The minimum Gasteiger partial charge on any atom is -0.467 e. The molecule has 2 aliphatic rings. The van der Waals surface area contributed by atoms with E-state index in [9.17, 15) is 19.2 Å². The van der Waals surface area contributed by atoms with Gasteiger partial charge < -0.3 is 10.1 Å². The number of carbonyl (C=O) groups excluding carboxylic acids is 4. The zero-order valence-corrected chi connectivity index (χ0v) is 18.0. The van der Waals surface area contributed by atoms with E-state index in [4.69, 9.17) is 4.74 Å². The number of benzene rings is 2. The molecule has 1 atom stereocenters. The maximum atomic E-state index is 13.0. The van der Waals surface area contributed by atoms with Gasteiger partial charge in [-0.15, -0.1) is 0 Å². The predicted octanol–water partition coefficient (Wildman–Crippen LogP) is 3.13. The van der Waals surface area contributed by atoms with Gasteiger partial charge in [0.15, 0.2) is 0 Å². The quantitative estimate of drug-likeness (QED) is 0.557. The van der Waals surface area contributed by atoms with Crippen LogP contribution in [-0.4, -0.2) is 47.8 Å². The van der Waals surface area contributed by atoms with Gasteiger partial charge in [0.1, 0.15) is 6.04 Å². The number of hydrogen-bond donors (Lipinski definition) is 1. The van der Waals surface area contributed by atoms with Crippen LogP contribution >= 0.6 is 0 Å². The van der Waals surface area contributed by atoms with Crippen molar-refractivity contribution in [2.45, 2.75) is 50.6 Å². The van der Waals surface area contributed by atoms with E-state index in [1.807, 2.05) is 30.3 Å². The fourth-order valence-electron chi connectivity index (χ4n) is 4.50. The first-order valence-corrected chi connectivity index (χ1v) is 10.9. The number of imide groups is 1. The summed E-state index contributed by atoms with van der Waals surface area (Å²) in [5, 5.41) is 2.70. The third kappa shape index (κ3) is 4.28. The highest BCUT2D eigenvalue weighted by atomic mass is 16.5. The van der Waals surface area contributed by atoms with Gasteiger partial charge in [0, 0.05) is 18.0 Å². The third-order valence-electron chi connectivity index (χ3n) is 6.19. The van der Waals surface area contributed by atoms with Gasteiger partial charge >= 0.3 is 5.97 Å². The second kappa shape index (κ2) is 9.34. The first-order valence-electron chi connectivity index (χ1n) is 10.9. The molecule has 0 bridgehead atoms. The largest absolute Gasteiger partial charge is 0.467 e. The lowest BCUT2D eigenvalue weighted by molar-refractivity contribution is -0.142. The summed E-state index contributed by atoms with van der Waals surface area (Å²) in [6.45, 7) is 0. The summed E-state index contributed by atoms with van der Waals surface area (Å²) < 4.78 is 4.85. The number of esters is 1. The van der Waals surface area contributed by atoms with E-state index in [1.165, 1.54) is 30.2 Å². The van der Waals surface area contributed by atoms with Crippen molar-refractivity contribution in [3.63, 3.8) is 0 Å². The molecule has 2 aromatic rings. The monoisotopic (exact) mass is 434 g/mol. The second-order valence-electron chi connectivity index (χ2n) is 8.27. The van der Waals surface area contributed by atoms with Crippen molar-refractivity contribution >= 4 is 23.7 Å². The number of ether oxygens (including phenoxy) is 1. The molecule has 2 aromatic carbocycles. The number of nitrogens with one attached hydrogen (secondary N) is 1. The van der Waals surface area contributed by atoms with Crippen LogP contribution in [0.4, 0.5) is 0 Å². The van der Waals surface area contributed by atoms with Crippen LogP contribution in [0.15, 0.2) is 48.5 Å². The van der Waals surface area contributed by atoms with Gasteiger partial charge in [-0.1, -0.05) is 49.6 Å². The molecule has 0 aromatic heterocycles. The van der Waals surface area contributed by atoms with Crippen LogP contribution in [0.1, 0.15) is 68.7 Å². The molecule has 4 rings (SSSR count). The molecule has 1 aliphatic carbocycles. The van der Waals surface area contributed by atoms with Crippen molar-refractivity contribution < 1.29 is 23.9 Å². The molecule has 1 fully saturated rings. The van der Waals surface area contributed by atoms with Gasteiger partial charge in [-0.05, 0) is 36.6 Å². The Balaban J connectivity index is 1.53. The third-order valence-corrected chi connectivity index (χ3v) is 6.19. The maximum Gasteiger partial charge on any atom is 0.328 e. The van der Waals surface area contributed by atoms with Crippen molar-refractivity contribution in [3.8, 4) is 0 Å². The highest BCUT2D eigenvalue weighted by Gasteiger charge is 2.40. The van der Waals surface area contributed by atoms with Gasteiger partial charge in [-0.25, -0.2) is 4.79 Å². The molecular formula is C25H26N2O5. The molecule has 32 heavy (non-hydrogen) atoms. The van der Waals surface area contributed by atoms with Crippen molar-refractivity contribution in [1.29, 1.82) is 0 Å². The number of rotatable bonds is 6. The Morgan fingerprint density at radius 2 is 1.69 bits per heavy atom. The highest BCUT2D eigenvalue weighted by Crippen LogP contribution is 2.31. The number of carbonyl (C=O) groups is 4. The molecule has 7 nitrogen and oxygen atoms in total. The normalized spacial score (nSPS) is 17.1. The smallest absolute Gasteiger partial charge is 0.328 e. The molecule has 0 saturated heterocycles. The van der Waals surface area contributed by atoms with Gasteiger partial charge in [-0.2, -0.15) is 0 Å². The molecule has 3 amide bonds. The number of hydrogen-bond acceptors (Lipinski definition) is 5. The Morgan fingerprint density at radius 1 is 1.00 bits per heavy atom. The summed E-state index contributed by atoms with van der Waals surface area (Å²) >= 11 is 0. The Kier molecular flexibility index (Phi) is 6.35. The van der Waals surface area contributed by atoms with Crippen LogP contribution in [0.25, 0.3) is 0 Å². The van der Waals surface area contributed by atoms with E-state index < -0.39 is 17.9 Å². The van der Waals surface area contributed by atoms with Gasteiger partial charge in [0.2, 0.25) is 0 Å². The minimum atomic E-state index is -0.876. The predicted molar refractivity (Wildman–Crippen MR) is 117 cm³/mol. The van der Waals surface area contributed by atoms with Crippen LogP contribution < -0.4 is 5.32 Å². The van der Waals surface area contributed by atoms with E-state index in [1.54, 1.807) is 0 Å². The molecular weight excluding hydrogens is 408 g/mol. The Bertz CT molecular complexity index is 1040. The van der Waals surface area contributed by atoms with E-state index in [-0.39, 0.29) is 35.4 Å². The van der Waals surface area contributed by atoms with Crippen molar-refractivity contribution in [2.24, 2.45) is 0 Å². The van der Waals surface area contributed by atoms with Crippen LogP contribution in [0.5, 0.6) is 0 Å². The van der Waals surface area contributed by atoms with E-state index >= 15 is 0 Å². The molecule has 1 N–H and O–H groups in total. The molecule has 166 valence electrons. The number of amides is 3. The fourth-order valence-corrected chi connectivity index (χ4v) is 4.50. The second-order valence-corrected chi connectivity index (χ2v) is 8.27. The van der Waals surface area contributed by atoms with Crippen molar-refractivity contribution in [3.05, 3.63) is 70.8 Å². The lowest BCUT2D eigenvalue weighted by atomic mass is 9.94. The zero-order chi connectivity index (χ0) is 22.7. The van der Waals surface area contributed by atoms with E-state index in [2.05, 4.69) is 5.32 Å². The van der Waals surface area contributed by atoms with Crippen molar-refractivity contribution in [2.75, 3.05) is 7.11 Å². The molecule has 1 heterocycles. The molecule has 0 radical (unpaired) electrons. The fraction of sp³-hybridized carbons (Fsp3) is 0.360. The average Bonchev–Trinajstić information content (AvgIpc) is 3.08. The Hall–Kier alpha value is -3.48. The lowest BCUT2D eigenvalue weighted by Gasteiger charge is -2.29. The van der Waals surface area contributed by atoms with Crippen molar-refractivity contribution in [1.82, 2.24) is 10.2 Å². The summed E-state index contributed by atoms with van der Waals surface area (Å²) in [6, 6.07) is 12.8. The maximum absolute atomic E-state index is 13.0.